The van der Waals surface area contributed by atoms with Crippen LogP contribution in [0, 0.1) is 0 Å². The van der Waals surface area contributed by atoms with Gasteiger partial charge in [0.1, 0.15) is 0 Å². The second kappa shape index (κ2) is 3.36. The first-order valence-corrected chi connectivity index (χ1v) is 4.02. The van der Waals surface area contributed by atoms with E-state index in [1.54, 1.807) is 24.3 Å². The summed E-state index contributed by atoms with van der Waals surface area (Å²) < 4.78 is 20.9. The van der Waals surface area contributed by atoms with Gasteiger partial charge in [0, 0.05) is 5.69 Å². The minimum absolute atomic E-state index is 0.533. The molecule has 0 fully saturated rings. The SMILES string of the molecule is Nc1cccc(NS(=O)O)c1. The lowest BCUT2D eigenvalue weighted by atomic mass is 10.3. The molecule has 0 aliphatic rings. The molecule has 11 heavy (non-hydrogen) atoms. The Labute approximate surface area is 66.8 Å². The fourth-order valence-corrected chi connectivity index (χ4v) is 1.03. The third-order valence-corrected chi connectivity index (χ3v) is 1.50. The molecule has 0 aliphatic carbocycles. The van der Waals surface area contributed by atoms with Crippen molar-refractivity contribution in [3.63, 3.8) is 0 Å². The molecule has 1 aromatic carbocycles. The first kappa shape index (κ1) is 8.03. The summed E-state index contributed by atoms with van der Waals surface area (Å²) in [5.41, 5.74) is 6.50. The topological polar surface area (TPSA) is 75.3 Å². The molecule has 4 nitrogen and oxygen atoms in total. The summed E-state index contributed by atoms with van der Waals surface area (Å²) in [7, 11) is 0. The highest BCUT2D eigenvalue weighted by Gasteiger charge is 1.93. The summed E-state index contributed by atoms with van der Waals surface area (Å²) in [5, 5.41) is 0. The van der Waals surface area contributed by atoms with E-state index in [2.05, 4.69) is 4.72 Å². The standard InChI is InChI=1S/C6H8N2O2S/c7-5-2-1-3-6(4-5)8-11(9)10/h1-4,8H,7H2,(H,9,10). The maximum Gasteiger partial charge on any atom is 0.259 e. The Balaban J connectivity index is 2.79. The van der Waals surface area contributed by atoms with Crippen molar-refractivity contribution >= 4 is 22.6 Å². The average Bonchev–Trinajstić information content (AvgIpc) is 1.85. The summed E-state index contributed by atoms with van der Waals surface area (Å²) in [6.45, 7) is 0. The lowest BCUT2D eigenvalue weighted by Gasteiger charge is -2.00. The van der Waals surface area contributed by atoms with Crippen LogP contribution in [0.5, 0.6) is 0 Å². The molecular weight excluding hydrogens is 164 g/mol. The predicted octanol–water partition coefficient (Wildman–Crippen LogP) is 0.817. The molecule has 0 saturated carbocycles. The second-order valence-corrected chi connectivity index (χ2v) is 2.68. The van der Waals surface area contributed by atoms with Crippen LogP contribution in [-0.4, -0.2) is 8.76 Å². The molecule has 0 amide bonds. The van der Waals surface area contributed by atoms with E-state index in [1.165, 1.54) is 0 Å². The zero-order valence-corrected chi connectivity index (χ0v) is 6.47. The molecule has 1 atom stereocenters. The smallest absolute Gasteiger partial charge is 0.259 e. The zero-order chi connectivity index (χ0) is 8.27. The molecule has 0 bridgehead atoms. The van der Waals surface area contributed by atoms with E-state index in [1.807, 2.05) is 0 Å². The number of anilines is 2. The molecule has 0 spiro atoms. The number of hydrogen-bond donors (Lipinski definition) is 3. The van der Waals surface area contributed by atoms with Crippen molar-refractivity contribution in [2.45, 2.75) is 0 Å². The van der Waals surface area contributed by atoms with Crippen LogP contribution >= 0.6 is 0 Å². The van der Waals surface area contributed by atoms with Crippen molar-refractivity contribution in [1.29, 1.82) is 0 Å². The minimum atomic E-state index is -2.03. The Morgan fingerprint density at radius 2 is 2.27 bits per heavy atom. The van der Waals surface area contributed by atoms with Crippen LogP contribution in [0.4, 0.5) is 11.4 Å². The zero-order valence-electron chi connectivity index (χ0n) is 5.65. The maximum absolute atomic E-state index is 10.2. The van der Waals surface area contributed by atoms with Crippen LogP contribution in [0.1, 0.15) is 0 Å². The van der Waals surface area contributed by atoms with E-state index in [9.17, 15) is 4.21 Å². The van der Waals surface area contributed by atoms with Crippen molar-refractivity contribution in [3.8, 4) is 0 Å². The number of rotatable bonds is 2. The lowest BCUT2D eigenvalue weighted by molar-refractivity contribution is 0.570. The van der Waals surface area contributed by atoms with Crippen LogP contribution in [0.25, 0.3) is 0 Å². The first-order chi connectivity index (χ1) is 5.18. The van der Waals surface area contributed by atoms with Gasteiger partial charge in [0.15, 0.2) is 0 Å². The Morgan fingerprint density at radius 1 is 1.55 bits per heavy atom. The van der Waals surface area contributed by atoms with E-state index >= 15 is 0 Å². The number of nitrogens with two attached hydrogens (primary N) is 1. The van der Waals surface area contributed by atoms with Gasteiger partial charge >= 0.3 is 0 Å². The van der Waals surface area contributed by atoms with E-state index in [4.69, 9.17) is 10.3 Å². The average molecular weight is 172 g/mol. The lowest BCUT2D eigenvalue weighted by Crippen LogP contribution is -2.01. The van der Waals surface area contributed by atoms with Gasteiger partial charge in [-0.3, -0.25) is 9.27 Å². The number of nitrogens with one attached hydrogen (secondary N) is 1. The molecule has 1 rings (SSSR count). The molecule has 5 heteroatoms. The Kier molecular flexibility index (Phi) is 2.45. The first-order valence-electron chi connectivity index (χ1n) is 2.91. The van der Waals surface area contributed by atoms with Gasteiger partial charge < -0.3 is 5.73 Å². The molecule has 1 unspecified atom stereocenters. The van der Waals surface area contributed by atoms with Crippen molar-refractivity contribution < 1.29 is 8.76 Å². The van der Waals surface area contributed by atoms with Crippen molar-refractivity contribution in [3.05, 3.63) is 24.3 Å². The fraction of sp³-hybridized carbons (Fsp3) is 0. The Morgan fingerprint density at radius 3 is 2.82 bits per heavy atom. The Hall–Kier alpha value is -1.07. The molecule has 0 radical (unpaired) electrons. The molecular formula is C6H8N2O2S. The normalized spacial score (nSPS) is 12.5. The number of hydrogen-bond acceptors (Lipinski definition) is 2. The highest BCUT2D eigenvalue weighted by molar-refractivity contribution is 7.80. The third-order valence-electron chi connectivity index (χ3n) is 1.09. The van der Waals surface area contributed by atoms with Gasteiger partial charge in [-0.2, -0.15) is 0 Å². The van der Waals surface area contributed by atoms with E-state index in [-0.39, 0.29) is 0 Å². The second-order valence-electron chi connectivity index (χ2n) is 1.98. The van der Waals surface area contributed by atoms with Crippen LogP contribution < -0.4 is 10.5 Å². The largest absolute Gasteiger partial charge is 0.399 e. The maximum atomic E-state index is 10.2. The third kappa shape index (κ3) is 2.57. The molecule has 0 aliphatic heterocycles. The summed E-state index contributed by atoms with van der Waals surface area (Å²) in [6.07, 6.45) is 0. The molecule has 0 saturated heterocycles. The monoisotopic (exact) mass is 172 g/mol. The van der Waals surface area contributed by atoms with Crippen molar-refractivity contribution in [1.82, 2.24) is 0 Å². The van der Waals surface area contributed by atoms with Crippen LogP contribution in [0.2, 0.25) is 0 Å². The fourth-order valence-electron chi connectivity index (χ4n) is 0.703. The van der Waals surface area contributed by atoms with Gasteiger partial charge in [-0.25, -0.2) is 4.21 Å². The Bertz CT molecular complexity index is 277. The molecule has 0 aromatic heterocycles. The summed E-state index contributed by atoms with van der Waals surface area (Å²) in [6, 6.07) is 6.63. The number of benzene rings is 1. The van der Waals surface area contributed by atoms with Gasteiger partial charge in [-0.15, -0.1) is 0 Å². The summed E-state index contributed by atoms with van der Waals surface area (Å²) in [4.78, 5) is 0. The quantitative estimate of drug-likeness (QED) is 0.456. The molecule has 4 N–H and O–H groups in total. The van der Waals surface area contributed by atoms with Gasteiger partial charge in [0.05, 0.1) is 5.69 Å². The van der Waals surface area contributed by atoms with E-state index in [0.717, 1.165) is 0 Å². The summed E-state index contributed by atoms with van der Waals surface area (Å²) in [5.74, 6) is 0. The highest BCUT2D eigenvalue weighted by atomic mass is 32.2. The van der Waals surface area contributed by atoms with E-state index in [0.29, 0.717) is 11.4 Å². The summed E-state index contributed by atoms with van der Waals surface area (Å²) >= 11 is -2.03. The molecule has 1 aromatic rings. The predicted molar refractivity (Wildman–Crippen MR) is 45.2 cm³/mol. The van der Waals surface area contributed by atoms with Crippen molar-refractivity contribution in [2.24, 2.45) is 0 Å². The van der Waals surface area contributed by atoms with Crippen LogP contribution in [0.3, 0.4) is 0 Å². The van der Waals surface area contributed by atoms with E-state index < -0.39 is 11.3 Å². The van der Waals surface area contributed by atoms with Gasteiger partial charge in [-0.05, 0) is 18.2 Å². The van der Waals surface area contributed by atoms with Crippen LogP contribution in [0.15, 0.2) is 24.3 Å². The highest BCUT2D eigenvalue weighted by Crippen LogP contribution is 2.11. The van der Waals surface area contributed by atoms with Gasteiger partial charge in [0.25, 0.3) is 11.3 Å². The molecule has 60 valence electrons. The molecule has 0 heterocycles. The number of nitrogen functional groups attached to an aromatic ring is 1. The van der Waals surface area contributed by atoms with Crippen molar-refractivity contribution in [2.75, 3.05) is 10.5 Å². The van der Waals surface area contributed by atoms with Crippen LogP contribution in [-0.2, 0) is 11.3 Å². The van der Waals surface area contributed by atoms with Gasteiger partial charge in [-0.1, -0.05) is 6.07 Å². The van der Waals surface area contributed by atoms with Gasteiger partial charge in [0.2, 0.25) is 0 Å². The minimum Gasteiger partial charge on any atom is -0.399 e.